The molecule has 0 aliphatic rings. The lowest BCUT2D eigenvalue weighted by Gasteiger charge is -2.14. The van der Waals surface area contributed by atoms with E-state index in [1.165, 1.54) is 30.6 Å². The Bertz CT molecular complexity index is 587. The minimum absolute atomic E-state index is 0.230. The number of hydrogen-bond acceptors (Lipinski definition) is 4. The highest BCUT2D eigenvalue weighted by Crippen LogP contribution is 2.35. The standard InChI is InChI=1S/C13H12F3N3O/c1-2-17-12-11(18-7-8-19-12)9-5-3-4-6-10(9)20-13(14,15)16/h3-8H,2H2,1H3,(H,17,19). The molecule has 1 heterocycles. The zero-order chi connectivity index (χ0) is 14.6. The minimum atomic E-state index is -4.75. The molecular weight excluding hydrogens is 271 g/mol. The molecule has 0 fully saturated rings. The van der Waals surface area contributed by atoms with Crippen LogP contribution < -0.4 is 10.1 Å². The summed E-state index contributed by atoms with van der Waals surface area (Å²) in [6.07, 6.45) is -1.87. The van der Waals surface area contributed by atoms with Crippen LogP contribution in [0, 0.1) is 0 Å². The van der Waals surface area contributed by atoms with Gasteiger partial charge in [0.25, 0.3) is 0 Å². The fourth-order valence-electron chi connectivity index (χ4n) is 1.71. The zero-order valence-electron chi connectivity index (χ0n) is 10.6. The highest BCUT2D eigenvalue weighted by Gasteiger charge is 2.32. The van der Waals surface area contributed by atoms with Crippen molar-refractivity contribution in [2.24, 2.45) is 0 Å². The number of halogens is 3. The number of aromatic nitrogens is 2. The number of anilines is 1. The Hall–Kier alpha value is -2.31. The second-order valence-electron chi connectivity index (χ2n) is 3.83. The lowest BCUT2D eigenvalue weighted by Crippen LogP contribution is -2.17. The molecule has 7 heteroatoms. The lowest BCUT2D eigenvalue weighted by molar-refractivity contribution is -0.274. The van der Waals surface area contributed by atoms with Crippen molar-refractivity contribution < 1.29 is 17.9 Å². The first-order chi connectivity index (χ1) is 9.51. The molecule has 0 saturated heterocycles. The Kier molecular flexibility index (Phi) is 4.07. The van der Waals surface area contributed by atoms with E-state index >= 15 is 0 Å². The summed E-state index contributed by atoms with van der Waals surface area (Å²) in [5, 5.41) is 2.95. The molecule has 0 amide bonds. The highest BCUT2D eigenvalue weighted by atomic mass is 19.4. The zero-order valence-corrected chi connectivity index (χ0v) is 10.6. The van der Waals surface area contributed by atoms with Gasteiger partial charge in [0.2, 0.25) is 0 Å². The number of para-hydroxylation sites is 1. The van der Waals surface area contributed by atoms with E-state index in [9.17, 15) is 13.2 Å². The molecule has 0 saturated carbocycles. The lowest BCUT2D eigenvalue weighted by atomic mass is 10.1. The number of alkyl halides is 3. The van der Waals surface area contributed by atoms with Crippen LogP contribution in [0.1, 0.15) is 6.92 Å². The Morgan fingerprint density at radius 2 is 1.85 bits per heavy atom. The van der Waals surface area contributed by atoms with Crippen LogP contribution in [0.25, 0.3) is 11.3 Å². The molecule has 1 N–H and O–H groups in total. The summed E-state index contributed by atoms with van der Waals surface area (Å²) < 4.78 is 41.3. The molecule has 2 aromatic rings. The molecule has 0 atom stereocenters. The maximum atomic E-state index is 12.4. The summed E-state index contributed by atoms with van der Waals surface area (Å²) in [6.45, 7) is 2.44. The molecule has 0 spiro atoms. The first-order valence-electron chi connectivity index (χ1n) is 5.91. The van der Waals surface area contributed by atoms with Crippen LogP contribution in [0.4, 0.5) is 19.0 Å². The number of benzene rings is 1. The van der Waals surface area contributed by atoms with Crippen molar-refractivity contribution in [1.29, 1.82) is 0 Å². The van der Waals surface area contributed by atoms with Gasteiger partial charge < -0.3 is 10.1 Å². The molecule has 0 unspecified atom stereocenters. The number of ether oxygens (including phenoxy) is 1. The highest BCUT2D eigenvalue weighted by molar-refractivity contribution is 5.76. The Balaban J connectivity index is 2.48. The van der Waals surface area contributed by atoms with E-state index in [4.69, 9.17) is 0 Å². The topological polar surface area (TPSA) is 47.0 Å². The fourth-order valence-corrected chi connectivity index (χ4v) is 1.71. The van der Waals surface area contributed by atoms with Gasteiger partial charge >= 0.3 is 6.36 Å². The summed E-state index contributed by atoms with van der Waals surface area (Å²) in [6, 6.07) is 5.83. The number of nitrogens with one attached hydrogen (secondary N) is 1. The van der Waals surface area contributed by atoms with Crippen LogP contribution in [-0.4, -0.2) is 22.9 Å². The van der Waals surface area contributed by atoms with Crippen LogP contribution in [0.5, 0.6) is 5.75 Å². The molecule has 20 heavy (non-hydrogen) atoms. The molecule has 4 nitrogen and oxygen atoms in total. The van der Waals surface area contributed by atoms with Crippen LogP contribution in [0.2, 0.25) is 0 Å². The van der Waals surface area contributed by atoms with Crippen molar-refractivity contribution >= 4 is 5.82 Å². The van der Waals surface area contributed by atoms with Gasteiger partial charge in [0.15, 0.2) is 5.82 Å². The summed E-state index contributed by atoms with van der Waals surface area (Å²) >= 11 is 0. The van der Waals surface area contributed by atoms with Gasteiger partial charge in [0, 0.05) is 24.5 Å². The Labute approximate surface area is 113 Å². The Morgan fingerprint density at radius 3 is 2.55 bits per heavy atom. The molecule has 1 aromatic carbocycles. The predicted octanol–water partition coefficient (Wildman–Crippen LogP) is 3.47. The molecular formula is C13H12F3N3O. The van der Waals surface area contributed by atoms with Crippen molar-refractivity contribution in [3.8, 4) is 17.0 Å². The number of hydrogen-bond donors (Lipinski definition) is 1. The van der Waals surface area contributed by atoms with E-state index in [0.29, 0.717) is 18.1 Å². The third-order valence-electron chi connectivity index (χ3n) is 2.41. The quantitative estimate of drug-likeness (QED) is 0.933. The number of rotatable bonds is 4. The average Bonchev–Trinajstić information content (AvgIpc) is 2.39. The van der Waals surface area contributed by atoms with Gasteiger partial charge in [-0.15, -0.1) is 13.2 Å². The van der Waals surface area contributed by atoms with Crippen LogP contribution in [0.3, 0.4) is 0 Å². The smallest absolute Gasteiger partial charge is 0.405 e. The van der Waals surface area contributed by atoms with Crippen LogP contribution in [0.15, 0.2) is 36.7 Å². The van der Waals surface area contributed by atoms with E-state index in [1.54, 1.807) is 6.07 Å². The van der Waals surface area contributed by atoms with Crippen molar-refractivity contribution in [1.82, 2.24) is 9.97 Å². The third-order valence-corrected chi connectivity index (χ3v) is 2.41. The van der Waals surface area contributed by atoms with Gasteiger partial charge in [0.1, 0.15) is 11.4 Å². The monoisotopic (exact) mass is 283 g/mol. The summed E-state index contributed by atoms with van der Waals surface area (Å²) in [5.74, 6) is 0.105. The molecule has 0 aliphatic carbocycles. The number of nitrogens with zero attached hydrogens (tertiary/aromatic N) is 2. The van der Waals surface area contributed by atoms with Gasteiger partial charge in [-0.25, -0.2) is 4.98 Å². The average molecular weight is 283 g/mol. The summed E-state index contributed by atoms with van der Waals surface area (Å²) in [7, 11) is 0. The maximum absolute atomic E-state index is 12.4. The second kappa shape index (κ2) is 5.77. The fraction of sp³-hybridized carbons (Fsp3) is 0.231. The van der Waals surface area contributed by atoms with Crippen LogP contribution >= 0.6 is 0 Å². The van der Waals surface area contributed by atoms with Gasteiger partial charge in [-0.2, -0.15) is 0 Å². The Morgan fingerprint density at radius 1 is 1.15 bits per heavy atom. The van der Waals surface area contributed by atoms with Crippen LogP contribution in [-0.2, 0) is 0 Å². The largest absolute Gasteiger partial charge is 0.573 e. The van der Waals surface area contributed by atoms with Crippen molar-refractivity contribution in [3.63, 3.8) is 0 Å². The first kappa shape index (κ1) is 14.1. The summed E-state index contributed by atoms with van der Waals surface area (Å²) in [4.78, 5) is 8.16. The van der Waals surface area contributed by atoms with Gasteiger partial charge in [0.05, 0.1) is 0 Å². The first-order valence-corrected chi connectivity index (χ1v) is 5.91. The van der Waals surface area contributed by atoms with Crippen molar-refractivity contribution in [3.05, 3.63) is 36.7 Å². The molecule has 0 radical (unpaired) electrons. The third kappa shape index (κ3) is 3.37. The molecule has 106 valence electrons. The predicted molar refractivity (Wildman–Crippen MR) is 68.3 cm³/mol. The molecule has 0 aliphatic heterocycles. The van der Waals surface area contributed by atoms with Gasteiger partial charge in [-0.05, 0) is 19.1 Å². The van der Waals surface area contributed by atoms with E-state index in [2.05, 4.69) is 20.0 Å². The van der Waals surface area contributed by atoms with Gasteiger partial charge in [-0.3, -0.25) is 4.98 Å². The van der Waals surface area contributed by atoms with Gasteiger partial charge in [-0.1, -0.05) is 12.1 Å². The molecule has 1 aromatic heterocycles. The SMILES string of the molecule is CCNc1nccnc1-c1ccccc1OC(F)(F)F. The molecule has 2 rings (SSSR count). The second-order valence-corrected chi connectivity index (χ2v) is 3.83. The van der Waals surface area contributed by atoms with E-state index < -0.39 is 6.36 Å². The normalized spacial score (nSPS) is 11.2. The molecule has 0 bridgehead atoms. The van der Waals surface area contributed by atoms with Crippen molar-refractivity contribution in [2.45, 2.75) is 13.3 Å². The maximum Gasteiger partial charge on any atom is 0.573 e. The van der Waals surface area contributed by atoms with E-state index in [0.717, 1.165) is 0 Å². The van der Waals surface area contributed by atoms with E-state index in [1.807, 2.05) is 6.92 Å². The summed E-state index contributed by atoms with van der Waals surface area (Å²) in [5.41, 5.74) is 0.545. The van der Waals surface area contributed by atoms with E-state index in [-0.39, 0.29) is 11.3 Å². The minimum Gasteiger partial charge on any atom is -0.405 e. The van der Waals surface area contributed by atoms with Crippen molar-refractivity contribution in [2.75, 3.05) is 11.9 Å².